The minimum absolute atomic E-state index is 0.0478. The second-order valence-corrected chi connectivity index (χ2v) is 5.45. The van der Waals surface area contributed by atoms with E-state index in [0.29, 0.717) is 13.0 Å². The standard InChI is InChI=1S/C10H24B10/c1-11-9(12-2,13-3)19(17-7)20(18-8)10(14-4,15-5)16-6/h1-8H3. The van der Waals surface area contributed by atoms with Crippen molar-refractivity contribution in [2.45, 2.75) is 64.6 Å². The molecule has 0 saturated carbocycles. The molecule has 0 aliphatic carbocycles. The van der Waals surface area contributed by atoms with Gasteiger partial charge in [0.1, 0.15) is 0 Å². The Bertz CT molecular complexity index is 210. The van der Waals surface area contributed by atoms with Gasteiger partial charge in [-0.05, 0) is 0 Å². The molecule has 0 aliphatic rings. The van der Waals surface area contributed by atoms with Crippen molar-refractivity contribution in [3.05, 3.63) is 0 Å². The van der Waals surface area contributed by atoms with Gasteiger partial charge in [0.05, 0.1) is 58.0 Å². The predicted molar refractivity (Wildman–Crippen MR) is 110 cm³/mol. The fraction of sp³-hybridized carbons (Fsp3) is 1.00. The van der Waals surface area contributed by atoms with Crippen LogP contribution in [0.25, 0.3) is 0 Å². The summed E-state index contributed by atoms with van der Waals surface area (Å²) in [5.74, 6) is 0. The fourth-order valence-corrected chi connectivity index (χ4v) is 3.77. The van der Waals surface area contributed by atoms with E-state index in [-0.39, 0.29) is 10.0 Å². The molecule has 0 fully saturated rings. The Hall–Kier alpha value is 0.649. The van der Waals surface area contributed by atoms with Crippen LogP contribution < -0.4 is 0 Å². The van der Waals surface area contributed by atoms with Gasteiger partial charge in [0.15, 0.2) is 0 Å². The molecule has 0 aromatic rings. The van der Waals surface area contributed by atoms with Gasteiger partial charge in [-0.1, -0.05) is 54.6 Å². The van der Waals surface area contributed by atoms with Crippen molar-refractivity contribution in [1.29, 1.82) is 0 Å². The van der Waals surface area contributed by atoms with Gasteiger partial charge in [-0.15, -0.1) is 10.0 Å². The van der Waals surface area contributed by atoms with Crippen molar-refractivity contribution in [3.63, 3.8) is 0 Å². The highest BCUT2D eigenvalue weighted by atomic mass is 13.8. The van der Waals surface area contributed by atoms with Crippen LogP contribution in [-0.4, -0.2) is 71.0 Å². The van der Waals surface area contributed by atoms with E-state index >= 15 is 0 Å². The number of rotatable bonds is 11. The molecular weight excluding hydrogens is 228 g/mol. The SMILES string of the molecule is C[B]B(B([B]C)C([B]C)([B]C)[B]C)C([B]C)([B]C)[B]C. The van der Waals surface area contributed by atoms with Crippen molar-refractivity contribution in [1.82, 2.24) is 0 Å². The minimum atomic E-state index is 0.0478. The lowest BCUT2D eigenvalue weighted by molar-refractivity contribution is 1.49. The molecule has 8 radical (unpaired) electrons. The van der Waals surface area contributed by atoms with Gasteiger partial charge in [-0.2, -0.15) is 0 Å². The molecule has 0 rings (SSSR count). The quantitative estimate of drug-likeness (QED) is 0.486. The third-order valence-corrected chi connectivity index (χ3v) is 5.26. The van der Waals surface area contributed by atoms with Gasteiger partial charge in [0.25, 0.3) is 0 Å². The van der Waals surface area contributed by atoms with E-state index in [1.807, 2.05) is 0 Å². The van der Waals surface area contributed by atoms with Crippen molar-refractivity contribution in [2.75, 3.05) is 0 Å². The summed E-state index contributed by atoms with van der Waals surface area (Å²) in [6.45, 7) is 18.3. The summed E-state index contributed by atoms with van der Waals surface area (Å²) in [5.41, 5.74) is 0. The minimum Gasteiger partial charge on any atom is -0.144 e. The first-order valence-corrected chi connectivity index (χ1v) is 7.93. The first kappa shape index (κ1) is 20.6. The molecule has 0 nitrogen and oxygen atoms in total. The first-order valence-electron chi connectivity index (χ1n) is 7.93. The monoisotopic (exact) mass is 254 g/mol. The van der Waals surface area contributed by atoms with Crippen molar-refractivity contribution < 1.29 is 0 Å². The summed E-state index contributed by atoms with van der Waals surface area (Å²) in [5, 5.41) is 0.0956. The lowest BCUT2D eigenvalue weighted by Gasteiger charge is -2.48. The normalized spacial score (nSPS) is 11.0. The summed E-state index contributed by atoms with van der Waals surface area (Å²) in [6.07, 6.45) is 0. The van der Waals surface area contributed by atoms with Crippen LogP contribution in [0.2, 0.25) is 64.6 Å². The third-order valence-electron chi connectivity index (χ3n) is 5.26. The van der Waals surface area contributed by atoms with Gasteiger partial charge in [-0.3, -0.25) is 0 Å². The Balaban J connectivity index is 5.66. The molecule has 0 aromatic heterocycles. The van der Waals surface area contributed by atoms with E-state index in [1.54, 1.807) is 0 Å². The van der Waals surface area contributed by atoms with Crippen molar-refractivity contribution in [2.24, 2.45) is 0 Å². The second kappa shape index (κ2) is 9.62. The molecule has 0 spiro atoms. The highest BCUT2D eigenvalue weighted by Crippen LogP contribution is 2.35. The fourth-order valence-electron chi connectivity index (χ4n) is 3.77. The molecule has 0 saturated heterocycles. The van der Waals surface area contributed by atoms with E-state index in [9.17, 15) is 0 Å². The molecule has 0 heterocycles. The average molecular weight is 252 g/mol. The maximum absolute atomic E-state index is 2.37. The Morgan fingerprint density at radius 3 is 0.750 bits per heavy atom. The molecule has 20 heavy (non-hydrogen) atoms. The molecule has 0 atom stereocenters. The number of hydrogen-bond acceptors (Lipinski definition) is 0. The molecule has 0 bridgehead atoms. The van der Waals surface area contributed by atoms with Gasteiger partial charge in [0, 0.05) is 13.0 Å². The molecule has 0 unspecified atom stereocenters. The molecule has 0 aliphatic heterocycles. The lowest BCUT2D eigenvalue weighted by atomic mass is 8.68. The van der Waals surface area contributed by atoms with Crippen LogP contribution in [0.5, 0.6) is 0 Å². The van der Waals surface area contributed by atoms with Gasteiger partial charge < -0.3 is 0 Å². The lowest BCUT2D eigenvalue weighted by Crippen LogP contribution is -2.66. The highest BCUT2D eigenvalue weighted by Gasteiger charge is 2.47. The summed E-state index contributed by atoms with van der Waals surface area (Å²) in [7, 11) is 18.7. The molecular formula is C10H24B10. The zero-order valence-electron chi connectivity index (χ0n) is 14.8. The average Bonchev–Trinajstić information content (AvgIpc) is 2.52. The molecule has 0 aromatic carbocycles. The first-order chi connectivity index (χ1) is 9.51. The van der Waals surface area contributed by atoms with Crippen LogP contribution in [0.4, 0.5) is 0 Å². The van der Waals surface area contributed by atoms with Crippen molar-refractivity contribution >= 4 is 71.0 Å². The molecule has 94 valence electrons. The van der Waals surface area contributed by atoms with Crippen LogP contribution in [0.15, 0.2) is 0 Å². The largest absolute Gasteiger partial charge is 0.144 e. The van der Waals surface area contributed by atoms with E-state index < -0.39 is 0 Å². The Kier molecular flexibility index (Phi) is 9.94. The third kappa shape index (κ3) is 3.89. The Morgan fingerprint density at radius 2 is 0.650 bits per heavy atom. The van der Waals surface area contributed by atoms with E-state index in [1.165, 1.54) is 0 Å². The molecule has 0 amide bonds. The Labute approximate surface area is 136 Å². The summed E-state index contributed by atoms with van der Waals surface area (Å²) < 4.78 is 0. The van der Waals surface area contributed by atoms with Crippen LogP contribution in [0.3, 0.4) is 0 Å². The summed E-state index contributed by atoms with van der Waals surface area (Å²) in [4.78, 5) is 0. The van der Waals surface area contributed by atoms with Gasteiger partial charge in [0.2, 0.25) is 0 Å². The van der Waals surface area contributed by atoms with Gasteiger partial charge in [-0.25, -0.2) is 0 Å². The maximum atomic E-state index is 2.37. The summed E-state index contributed by atoms with van der Waals surface area (Å²) >= 11 is 0. The summed E-state index contributed by atoms with van der Waals surface area (Å²) in [6, 6.07) is 0. The van der Waals surface area contributed by atoms with E-state index in [0.717, 1.165) is 0 Å². The maximum Gasteiger partial charge on any atom is 0.0860 e. The van der Waals surface area contributed by atoms with Crippen LogP contribution in [-0.2, 0) is 0 Å². The van der Waals surface area contributed by atoms with Crippen LogP contribution in [0.1, 0.15) is 0 Å². The zero-order chi connectivity index (χ0) is 15.8. The zero-order valence-corrected chi connectivity index (χ0v) is 14.8. The van der Waals surface area contributed by atoms with Crippen LogP contribution in [0, 0.1) is 0 Å². The molecule has 0 N–H and O–H groups in total. The van der Waals surface area contributed by atoms with Crippen molar-refractivity contribution in [3.8, 4) is 0 Å². The predicted octanol–water partition coefficient (Wildman–Crippen LogP) is 1.29. The van der Waals surface area contributed by atoms with E-state index in [2.05, 4.69) is 113 Å². The Morgan fingerprint density at radius 1 is 0.450 bits per heavy atom. The molecule has 10 heteroatoms. The second-order valence-electron chi connectivity index (χ2n) is 5.45. The highest BCUT2D eigenvalue weighted by molar-refractivity contribution is 7.66. The van der Waals surface area contributed by atoms with Gasteiger partial charge >= 0.3 is 0 Å². The van der Waals surface area contributed by atoms with Crippen LogP contribution >= 0.6 is 0 Å². The van der Waals surface area contributed by atoms with E-state index in [4.69, 9.17) is 0 Å². The number of hydrogen-bond donors (Lipinski definition) is 0. The smallest absolute Gasteiger partial charge is 0.0860 e. The topological polar surface area (TPSA) is 0 Å².